The van der Waals surface area contributed by atoms with Gasteiger partial charge in [0.1, 0.15) is 0 Å². The standard InChI is InChI=1S/C21H20ClN3O3/c1-23-20(26)11-25(2)10-15-7-14-8-18-19(28-12-27-18)9-17(14)24-21(15)13-3-5-16(22)6-4-13/h3-9H,10-12H2,1-2H3,(H,23,26). The van der Waals surface area contributed by atoms with E-state index in [2.05, 4.69) is 11.4 Å². The second kappa shape index (κ2) is 7.66. The molecule has 0 spiro atoms. The van der Waals surface area contributed by atoms with E-state index in [-0.39, 0.29) is 12.7 Å². The van der Waals surface area contributed by atoms with E-state index < -0.39 is 0 Å². The van der Waals surface area contributed by atoms with Gasteiger partial charge in [0.2, 0.25) is 12.7 Å². The summed E-state index contributed by atoms with van der Waals surface area (Å²) >= 11 is 6.05. The summed E-state index contributed by atoms with van der Waals surface area (Å²) in [5, 5.41) is 4.29. The first-order chi connectivity index (χ1) is 13.5. The Kier molecular flexibility index (Phi) is 5.07. The molecule has 0 bridgehead atoms. The highest BCUT2D eigenvalue weighted by Gasteiger charge is 2.18. The molecule has 0 saturated carbocycles. The summed E-state index contributed by atoms with van der Waals surface area (Å²) in [5.41, 5.74) is 3.66. The van der Waals surface area contributed by atoms with Gasteiger partial charge in [-0.2, -0.15) is 0 Å². The van der Waals surface area contributed by atoms with Gasteiger partial charge in [0.25, 0.3) is 0 Å². The van der Waals surface area contributed by atoms with Crippen molar-refractivity contribution in [3.63, 3.8) is 0 Å². The Labute approximate surface area is 168 Å². The van der Waals surface area contributed by atoms with E-state index in [1.165, 1.54) is 0 Å². The van der Waals surface area contributed by atoms with Gasteiger partial charge in [0, 0.05) is 35.6 Å². The minimum Gasteiger partial charge on any atom is -0.454 e. The molecule has 1 amide bonds. The van der Waals surface area contributed by atoms with Crippen molar-refractivity contribution < 1.29 is 14.3 Å². The lowest BCUT2D eigenvalue weighted by atomic mass is 10.0. The number of pyridine rings is 1. The summed E-state index contributed by atoms with van der Waals surface area (Å²) in [5.74, 6) is 1.39. The van der Waals surface area contributed by atoms with Crippen LogP contribution in [0.3, 0.4) is 0 Å². The van der Waals surface area contributed by atoms with Gasteiger partial charge in [0.05, 0.1) is 17.8 Å². The molecule has 0 aliphatic carbocycles. The number of carbonyl (C=O) groups is 1. The van der Waals surface area contributed by atoms with Crippen molar-refractivity contribution in [1.82, 2.24) is 15.2 Å². The lowest BCUT2D eigenvalue weighted by Crippen LogP contribution is -2.32. The maximum Gasteiger partial charge on any atom is 0.233 e. The van der Waals surface area contributed by atoms with Gasteiger partial charge in [-0.1, -0.05) is 23.7 Å². The second-order valence-corrected chi connectivity index (χ2v) is 7.18. The van der Waals surface area contributed by atoms with Gasteiger partial charge in [0.15, 0.2) is 11.5 Å². The highest BCUT2D eigenvalue weighted by Crippen LogP contribution is 2.37. The zero-order valence-corrected chi connectivity index (χ0v) is 16.4. The SMILES string of the molecule is CNC(=O)CN(C)Cc1cc2cc3c(cc2nc1-c1ccc(Cl)cc1)OCO3. The average Bonchev–Trinajstić information content (AvgIpc) is 3.13. The molecule has 144 valence electrons. The number of fused-ring (bicyclic) bond motifs is 2. The molecule has 3 aromatic rings. The van der Waals surface area contributed by atoms with Crippen LogP contribution in [0.4, 0.5) is 0 Å². The quantitative estimate of drug-likeness (QED) is 0.714. The van der Waals surface area contributed by atoms with Gasteiger partial charge in [-0.3, -0.25) is 9.69 Å². The molecule has 0 fully saturated rings. The summed E-state index contributed by atoms with van der Waals surface area (Å²) < 4.78 is 11.0. The molecule has 1 aromatic heterocycles. The van der Waals surface area contributed by atoms with E-state index in [1.807, 2.05) is 48.3 Å². The fourth-order valence-corrected chi connectivity index (χ4v) is 3.38. The van der Waals surface area contributed by atoms with Crippen molar-refractivity contribution >= 4 is 28.4 Å². The Hall–Kier alpha value is -2.83. The number of likely N-dealkylation sites (N-methyl/N-ethyl adjacent to an activating group) is 2. The summed E-state index contributed by atoms with van der Waals surface area (Å²) in [6, 6.07) is 13.5. The van der Waals surface area contributed by atoms with Crippen LogP contribution in [0.15, 0.2) is 42.5 Å². The number of carbonyl (C=O) groups excluding carboxylic acids is 1. The molecule has 0 unspecified atom stereocenters. The van der Waals surface area contributed by atoms with E-state index in [0.29, 0.717) is 23.9 Å². The van der Waals surface area contributed by atoms with Gasteiger partial charge >= 0.3 is 0 Å². The van der Waals surface area contributed by atoms with Crippen LogP contribution in [0.5, 0.6) is 11.5 Å². The van der Waals surface area contributed by atoms with Crippen molar-refractivity contribution in [2.24, 2.45) is 0 Å². The molecule has 0 atom stereocenters. The number of nitrogens with one attached hydrogen (secondary N) is 1. The Balaban J connectivity index is 1.79. The molecule has 2 aromatic carbocycles. The zero-order valence-electron chi connectivity index (χ0n) is 15.7. The van der Waals surface area contributed by atoms with Crippen molar-refractivity contribution in [3.8, 4) is 22.8 Å². The van der Waals surface area contributed by atoms with Crippen LogP contribution in [0, 0.1) is 0 Å². The summed E-state index contributed by atoms with van der Waals surface area (Å²) in [4.78, 5) is 18.6. The van der Waals surface area contributed by atoms with Gasteiger partial charge in [-0.05, 0) is 36.9 Å². The third-order valence-electron chi connectivity index (χ3n) is 4.64. The molecular formula is C21H20ClN3O3. The first-order valence-electron chi connectivity index (χ1n) is 8.92. The molecule has 1 aliphatic heterocycles. The number of ether oxygens (including phenoxy) is 2. The molecular weight excluding hydrogens is 378 g/mol. The number of benzene rings is 2. The maximum atomic E-state index is 11.7. The van der Waals surface area contributed by atoms with Crippen LogP contribution in [-0.4, -0.2) is 43.2 Å². The molecule has 4 rings (SSSR count). The number of hydrogen-bond donors (Lipinski definition) is 1. The minimum atomic E-state index is -0.0346. The summed E-state index contributed by atoms with van der Waals surface area (Å²) in [6.45, 7) is 1.09. The Morgan fingerprint density at radius 3 is 2.61 bits per heavy atom. The Morgan fingerprint density at radius 1 is 1.18 bits per heavy atom. The Morgan fingerprint density at radius 2 is 1.89 bits per heavy atom. The van der Waals surface area contributed by atoms with Gasteiger partial charge < -0.3 is 14.8 Å². The smallest absolute Gasteiger partial charge is 0.233 e. The lowest BCUT2D eigenvalue weighted by Gasteiger charge is -2.18. The predicted octanol–water partition coefficient (Wildman–Crippen LogP) is 3.46. The first kappa shape index (κ1) is 18.5. The molecule has 0 radical (unpaired) electrons. The number of halogens is 1. The van der Waals surface area contributed by atoms with E-state index in [0.717, 1.165) is 33.5 Å². The van der Waals surface area contributed by atoms with Crippen LogP contribution >= 0.6 is 11.6 Å². The fourth-order valence-electron chi connectivity index (χ4n) is 3.26. The van der Waals surface area contributed by atoms with Crippen molar-refractivity contribution in [1.29, 1.82) is 0 Å². The van der Waals surface area contributed by atoms with Crippen LogP contribution in [0.25, 0.3) is 22.2 Å². The predicted molar refractivity (Wildman–Crippen MR) is 109 cm³/mol. The van der Waals surface area contributed by atoms with E-state index in [1.54, 1.807) is 7.05 Å². The highest BCUT2D eigenvalue weighted by molar-refractivity contribution is 6.30. The lowest BCUT2D eigenvalue weighted by molar-refractivity contribution is -0.121. The average molecular weight is 398 g/mol. The monoisotopic (exact) mass is 397 g/mol. The number of amides is 1. The summed E-state index contributed by atoms with van der Waals surface area (Å²) in [6.07, 6.45) is 0. The normalized spacial score (nSPS) is 12.6. The highest BCUT2D eigenvalue weighted by atomic mass is 35.5. The third-order valence-corrected chi connectivity index (χ3v) is 4.89. The van der Waals surface area contributed by atoms with Crippen LogP contribution in [-0.2, 0) is 11.3 Å². The van der Waals surface area contributed by atoms with Gasteiger partial charge in [-0.15, -0.1) is 0 Å². The molecule has 6 nitrogen and oxygen atoms in total. The van der Waals surface area contributed by atoms with Crippen molar-refractivity contribution in [3.05, 3.63) is 53.1 Å². The van der Waals surface area contributed by atoms with Crippen LogP contribution in [0.2, 0.25) is 5.02 Å². The molecule has 0 saturated heterocycles. The zero-order chi connectivity index (χ0) is 19.7. The maximum absolute atomic E-state index is 11.7. The number of aromatic nitrogens is 1. The van der Waals surface area contributed by atoms with E-state index in [4.69, 9.17) is 26.1 Å². The largest absolute Gasteiger partial charge is 0.454 e. The molecule has 28 heavy (non-hydrogen) atoms. The molecule has 1 N–H and O–H groups in total. The van der Waals surface area contributed by atoms with Crippen molar-refractivity contribution in [2.45, 2.75) is 6.54 Å². The fraction of sp³-hybridized carbons (Fsp3) is 0.238. The number of hydrogen-bond acceptors (Lipinski definition) is 5. The topological polar surface area (TPSA) is 63.7 Å². The number of rotatable bonds is 5. The van der Waals surface area contributed by atoms with E-state index in [9.17, 15) is 4.79 Å². The van der Waals surface area contributed by atoms with E-state index >= 15 is 0 Å². The minimum absolute atomic E-state index is 0.0346. The molecule has 2 heterocycles. The first-order valence-corrected chi connectivity index (χ1v) is 9.29. The molecule has 7 heteroatoms. The summed E-state index contributed by atoms with van der Waals surface area (Å²) in [7, 11) is 3.54. The Bertz CT molecular complexity index is 1040. The van der Waals surface area contributed by atoms with Crippen LogP contribution < -0.4 is 14.8 Å². The third kappa shape index (κ3) is 3.74. The van der Waals surface area contributed by atoms with Crippen LogP contribution in [0.1, 0.15) is 5.56 Å². The second-order valence-electron chi connectivity index (χ2n) is 6.75. The molecule has 1 aliphatic rings. The van der Waals surface area contributed by atoms with Gasteiger partial charge in [-0.25, -0.2) is 4.98 Å². The number of nitrogens with zero attached hydrogens (tertiary/aromatic N) is 2. The van der Waals surface area contributed by atoms with Crippen molar-refractivity contribution in [2.75, 3.05) is 27.4 Å².